The van der Waals surface area contributed by atoms with Crippen LogP contribution in [0.15, 0.2) is 28.8 Å². The first-order valence-corrected chi connectivity index (χ1v) is 12.1. The molecule has 2 aliphatic heterocycles. The van der Waals surface area contributed by atoms with E-state index in [0.29, 0.717) is 24.1 Å². The van der Waals surface area contributed by atoms with Crippen molar-refractivity contribution in [3.05, 3.63) is 30.0 Å². The molecule has 30 heavy (non-hydrogen) atoms. The van der Waals surface area contributed by atoms with Crippen molar-refractivity contribution in [3.8, 4) is 0 Å². The second-order valence-electron chi connectivity index (χ2n) is 8.60. The Labute approximate surface area is 176 Å². The highest BCUT2D eigenvalue weighted by Crippen LogP contribution is 2.49. The van der Waals surface area contributed by atoms with Crippen LogP contribution in [0.2, 0.25) is 0 Å². The van der Waals surface area contributed by atoms with E-state index in [9.17, 15) is 9.00 Å². The Kier molecular flexibility index (Phi) is 5.01. The Hall–Kier alpha value is -2.59. The molecule has 2 aromatic rings. The van der Waals surface area contributed by atoms with E-state index in [-0.39, 0.29) is 29.4 Å². The zero-order valence-electron chi connectivity index (χ0n) is 17.7. The Morgan fingerprint density at radius 1 is 1.33 bits per heavy atom. The zero-order valence-corrected chi connectivity index (χ0v) is 18.6. The van der Waals surface area contributed by atoms with E-state index in [2.05, 4.69) is 43.4 Å². The molecule has 0 spiro atoms. The molecule has 0 bridgehead atoms. The number of rotatable bonds is 3. The molecular weight excluding hydrogens is 404 g/mol. The van der Waals surface area contributed by atoms with Gasteiger partial charge in [0, 0.05) is 52.9 Å². The third-order valence-electron chi connectivity index (χ3n) is 5.14. The minimum Gasteiger partial charge on any atom is -0.375 e. The number of pyridine rings is 1. The van der Waals surface area contributed by atoms with Crippen LogP contribution in [0.4, 0.5) is 23.4 Å². The van der Waals surface area contributed by atoms with Crippen molar-refractivity contribution in [2.24, 2.45) is 4.36 Å². The van der Waals surface area contributed by atoms with Crippen LogP contribution in [0.5, 0.6) is 0 Å². The predicted molar refractivity (Wildman–Crippen MR) is 116 cm³/mol. The molecule has 1 N–H and O–H groups in total. The second kappa shape index (κ2) is 7.28. The van der Waals surface area contributed by atoms with Gasteiger partial charge in [-0.05, 0) is 32.4 Å². The molecule has 1 saturated heterocycles. The lowest BCUT2D eigenvalue weighted by Crippen LogP contribution is -2.45. The van der Waals surface area contributed by atoms with Gasteiger partial charge in [0.15, 0.2) is 5.82 Å². The maximum Gasteiger partial charge on any atom is 0.231 e. The summed E-state index contributed by atoms with van der Waals surface area (Å²) in [5.41, 5.74) is 0.668. The second-order valence-corrected chi connectivity index (χ2v) is 11.1. The first kappa shape index (κ1) is 20.7. The number of anilines is 3. The number of ether oxygens (including phenoxy) is 1. The number of aromatic nitrogens is 3. The maximum absolute atomic E-state index is 12.2. The first-order chi connectivity index (χ1) is 14.0. The van der Waals surface area contributed by atoms with Crippen LogP contribution in [-0.4, -0.2) is 55.8 Å². The fourth-order valence-corrected chi connectivity index (χ4v) is 4.56. The van der Waals surface area contributed by atoms with E-state index >= 15 is 0 Å². The van der Waals surface area contributed by atoms with Crippen molar-refractivity contribution in [2.75, 3.05) is 29.3 Å². The number of carbonyl (C=O) groups excluding carboxylic acids is 1. The number of carbonyl (C=O) groups is 1. The number of amides is 1. The summed E-state index contributed by atoms with van der Waals surface area (Å²) in [5.74, 6) is 1.87. The van der Waals surface area contributed by atoms with Crippen LogP contribution >= 0.6 is 0 Å². The topological polar surface area (TPSA) is 110 Å². The van der Waals surface area contributed by atoms with Crippen molar-refractivity contribution in [2.45, 2.75) is 44.8 Å². The molecule has 10 heteroatoms. The van der Waals surface area contributed by atoms with Gasteiger partial charge in [0.25, 0.3) is 0 Å². The first-order valence-electron chi connectivity index (χ1n) is 9.74. The Bertz CT molecular complexity index is 1120. The monoisotopic (exact) mass is 430 g/mol. The SMILES string of the molecule is CC(=O)Nc1ncc2c(n1)N(c1cccc(N=S(C)(C)=O)n1)[C@@H]1CC(C)(C)OCC21. The van der Waals surface area contributed by atoms with Crippen LogP contribution < -0.4 is 10.2 Å². The molecular formula is C20H26N6O3S. The number of nitrogens with zero attached hydrogens (tertiary/aromatic N) is 5. The fraction of sp³-hybridized carbons (Fsp3) is 0.500. The van der Waals surface area contributed by atoms with Crippen molar-refractivity contribution >= 4 is 39.0 Å². The molecule has 1 unspecified atom stereocenters. The maximum atomic E-state index is 12.2. The van der Waals surface area contributed by atoms with Gasteiger partial charge in [0.2, 0.25) is 11.9 Å². The Morgan fingerprint density at radius 3 is 2.80 bits per heavy atom. The van der Waals surface area contributed by atoms with E-state index in [1.165, 1.54) is 6.92 Å². The van der Waals surface area contributed by atoms with Crippen LogP contribution in [0.3, 0.4) is 0 Å². The summed E-state index contributed by atoms with van der Waals surface area (Å²) in [4.78, 5) is 27.2. The zero-order chi connectivity index (χ0) is 21.7. The van der Waals surface area contributed by atoms with Gasteiger partial charge >= 0.3 is 0 Å². The summed E-state index contributed by atoms with van der Waals surface area (Å²) in [6, 6.07) is 5.54. The average Bonchev–Trinajstić information content (AvgIpc) is 2.91. The van der Waals surface area contributed by atoms with Gasteiger partial charge in [-0.3, -0.25) is 10.1 Å². The fourth-order valence-electron chi connectivity index (χ4n) is 4.01. The third-order valence-corrected chi connectivity index (χ3v) is 5.77. The molecule has 9 nitrogen and oxygen atoms in total. The van der Waals surface area contributed by atoms with E-state index in [4.69, 9.17) is 4.74 Å². The Morgan fingerprint density at radius 2 is 2.10 bits per heavy atom. The van der Waals surface area contributed by atoms with Crippen molar-refractivity contribution in [3.63, 3.8) is 0 Å². The molecule has 0 aromatic carbocycles. The highest BCUT2D eigenvalue weighted by atomic mass is 32.2. The highest BCUT2D eigenvalue weighted by Gasteiger charge is 2.47. The van der Waals surface area contributed by atoms with Crippen molar-refractivity contribution in [1.29, 1.82) is 0 Å². The lowest BCUT2D eigenvalue weighted by Gasteiger charge is -2.40. The lowest BCUT2D eigenvalue weighted by molar-refractivity contribution is -0.114. The van der Waals surface area contributed by atoms with E-state index in [1.54, 1.807) is 24.8 Å². The minimum absolute atomic E-state index is 0.0704. The minimum atomic E-state index is -2.34. The highest BCUT2D eigenvalue weighted by molar-refractivity contribution is 7.92. The largest absolute Gasteiger partial charge is 0.375 e. The molecule has 1 amide bonds. The number of fused-ring (bicyclic) bond motifs is 3. The summed E-state index contributed by atoms with van der Waals surface area (Å²) in [6.45, 7) is 6.11. The molecule has 2 aliphatic rings. The smallest absolute Gasteiger partial charge is 0.231 e. The van der Waals surface area contributed by atoms with Crippen LogP contribution in [0.1, 0.15) is 38.7 Å². The molecule has 2 atom stereocenters. The van der Waals surface area contributed by atoms with E-state index in [0.717, 1.165) is 12.0 Å². The molecule has 160 valence electrons. The lowest BCUT2D eigenvalue weighted by atomic mass is 9.85. The van der Waals surface area contributed by atoms with E-state index < -0.39 is 9.73 Å². The van der Waals surface area contributed by atoms with E-state index in [1.807, 2.05) is 12.1 Å². The summed E-state index contributed by atoms with van der Waals surface area (Å²) < 4.78 is 22.5. The van der Waals surface area contributed by atoms with Crippen LogP contribution in [-0.2, 0) is 19.3 Å². The predicted octanol–water partition coefficient (Wildman–Crippen LogP) is 2.99. The Balaban J connectivity index is 1.84. The van der Waals surface area contributed by atoms with Crippen molar-refractivity contribution in [1.82, 2.24) is 15.0 Å². The van der Waals surface area contributed by atoms with Gasteiger partial charge in [0.05, 0.1) is 12.2 Å². The molecule has 2 aromatic heterocycles. The summed E-state index contributed by atoms with van der Waals surface area (Å²) in [5, 5.41) is 2.65. The van der Waals surface area contributed by atoms with Gasteiger partial charge in [0.1, 0.15) is 11.6 Å². The molecule has 0 aliphatic carbocycles. The summed E-state index contributed by atoms with van der Waals surface area (Å²) in [6.07, 6.45) is 5.68. The van der Waals surface area contributed by atoms with Gasteiger partial charge in [-0.25, -0.2) is 14.2 Å². The van der Waals surface area contributed by atoms with Gasteiger partial charge in [-0.2, -0.15) is 9.35 Å². The molecule has 0 radical (unpaired) electrons. The van der Waals surface area contributed by atoms with Crippen LogP contribution in [0.25, 0.3) is 0 Å². The quantitative estimate of drug-likeness (QED) is 0.797. The average molecular weight is 431 g/mol. The summed E-state index contributed by atoms with van der Waals surface area (Å²) >= 11 is 0. The number of nitrogens with one attached hydrogen (secondary N) is 1. The summed E-state index contributed by atoms with van der Waals surface area (Å²) in [7, 11) is -2.34. The molecule has 4 heterocycles. The normalized spacial score (nSPS) is 22.2. The van der Waals surface area contributed by atoms with Gasteiger partial charge < -0.3 is 9.64 Å². The van der Waals surface area contributed by atoms with Gasteiger partial charge in [-0.1, -0.05) is 6.07 Å². The molecule has 4 rings (SSSR count). The number of hydrogen-bond acceptors (Lipinski definition) is 8. The van der Waals surface area contributed by atoms with Crippen LogP contribution in [0, 0.1) is 0 Å². The van der Waals surface area contributed by atoms with Crippen molar-refractivity contribution < 1.29 is 13.7 Å². The third kappa shape index (κ3) is 4.15. The standard InChI is InChI=1S/C20H26N6O3S/c1-12(27)22-19-21-10-13-14-11-29-20(2,3)9-15(14)26(18(13)24-19)17-8-6-7-16(23-17)25-30(4,5)28/h6-8,10,14-15H,9,11H2,1-5H3,(H,21,22,24,27)/t14?,15-/m1/s1. The number of hydrogen-bond donors (Lipinski definition) is 1. The molecule has 0 saturated carbocycles. The van der Waals surface area contributed by atoms with Gasteiger partial charge in [-0.15, -0.1) is 0 Å². The molecule has 1 fully saturated rings.